The third kappa shape index (κ3) is 3.40. The molecular formula is C13H11BrN2OS2. The zero-order valence-corrected chi connectivity index (χ0v) is 13.3. The smallest absolute Gasteiger partial charge is 0.265 e. The van der Waals surface area contributed by atoms with Crippen LogP contribution in [0, 0.1) is 6.92 Å². The molecule has 0 spiro atoms. The van der Waals surface area contributed by atoms with Gasteiger partial charge in [0.25, 0.3) is 5.91 Å². The lowest BCUT2D eigenvalue weighted by Gasteiger charge is -2.05. The topological polar surface area (TPSA) is 55.1 Å². The monoisotopic (exact) mass is 354 g/mol. The summed E-state index contributed by atoms with van der Waals surface area (Å²) in [5.74, 6) is -0.140. The Morgan fingerprint density at radius 1 is 1.42 bits per heavy atom. The van der Waals surface area contributed by atoms with E-state index in [0.717, 1.165) is 14.9 Å². The molecule has 1 amide bonds. The lowest BCUT2D eigenvalue weighted by molar-refractivity contribution is 0.103. The maximum absolute atomic E-state index is 12.1. The molecule has 98 valence electrons. The second-order valence-electron chi connectivity index (χ2n) is 3.97. The van der Waals surface area contributed by atoms with Gasteiger partial charge in [-0.1, -0.05) is 24.4 Å². The van der Waals surface area contributed by atoms with Crippen LogP contribution >= 0.6 is 39.5 Å². The van der Waals surface area contributed by atoms with E-state index in [4.69, 9.17) is 18.0 Å². The molecule has 0 aliphatic carbocycles. The average Bonchev–Trinajstić information content (AvgIpc) is 2.70. The van der Waals surface area contributed by atoms with E-state index < -0.39 is 0 Å². The highest BCUT2D eigenvalue weighted by Gasteiger charge is 2.11. The molecule has 0 unspecified atom stereocenters. The molecule has 1 heterocycles. The van der Waals surface area contributed by atoms with Crippen molar-refractivity contribution in [2.75, 3.05) is 5.32 Å². The molecular weight excluding hydrogens is 344 g/mol. The fraction of sp³-hybridized carbons (Fsp3) is 0.0769. The Kier molecular flexibility index (Phi) is 4.34. The molecule has 0 radical (unpaired) electrons. The van der Waals surface area contributed by atoms with Gasteiger partial charge in [0, 0.05) is 11.3 Å². The number of halogens is 1. The molecule has 3 nitrogen and oxygen atoms in total. The Balaban J connectivity index is 2.19. The molecule has 2 rings (SSSR count). The van der Waals surface area contributed by atoms with Crippen molar-refractivity contribution in [1.29, 1.82) is 0 Å². The summed E-state index contributed by atoms with van der Waals surface area (Å²) in [6.07, 6.45) is 0. The molecule has 0 saturated carbocycles. The minimum Gasteiger partial charge on any atom is -0.389 e. The average molecular weight is 355 g/mol. The zero-order valence-electron chi connectivity index (χ0n) is 10.1. The summed E-state index contributed by atoms with van der Waals surface area (Å²) < 4.78 is 0.967. The van der Waals surface area contributed by atoms with Gasteiger partial charge in [-0.15, -0.1) is 11.3 Å². The Bertz CT molecular complexity index is 632. The number of rotatable bonds is 3. The highest BCUT2D eigenvalue weighted by molar-refractivity contribution is 9.11. The summed E-state index contributed by atoms with van der Waals surface area (Å²) in [5, 5.41) is 2.83. The predicted octanol–water partition coefficient (Wildman–Crippen LogP) is 3.71. The van der Waals surface area contributed by atoms with Crippen LogP contribution in [0.25, 0.3) is 0 Å². The van der Waals surface area contributed by atoms with Crippen LogP contribution in [0.4, 0.5) is 5.69 Å². The number of anilines is 1. The first kappa shape index (κ1) is 14.2. The maximum atomic E-state index is 12.1. The number of benzene rings is 1. The summed E-state index contributed by atoms with van der Waals surface area (Å²) >= 11 is 9.72. The fourth-order valence-electron chi connectivity index (χ4n) is 1.51. The molecule has 19 heavy (non-hydrogen) atoms. The quantitative estimate of drug-likeness (QED) is 0.826. The summed E-state index contributed by atoms with van der Waals surface area (Å²) in [6.45, 7) is 1.95. The maximum Gasteiger partial charge on any atom is 0.265 e. The Hall–Kier alpha value is -1.24. The lowest BCUT2D eigenvalue weighted by Crippen LogP contribution is -2.12. The number of nitrogens with one attached hydrogen (secondary N) is 1. The summed E-state index contributed by atoms with van der Waals surface area (Å²) in [6, 6.07) is 9.02. The van der Waals surface area contributed by atoms with E-state index in [0.29, 0.717) is 15.6 Å². The Morgan fingerprint density at radius 2 is 2.16 bits per heavy atom. The van der Waals surface area contributed by atoms with Crippen LogP contribution < -0.4 is 11.1 Å². The summed E-state index contributed by atoms with van der Waals surface area (Å²) in [5.41, 5.74) is 8.02. The molecule has 1 aromatic carbocycles. The van der Waals surface area contributed by atoms with Gasteiger partial charge in [-0.25, -0.2) is 0 Å². The second kappa shape index (κ2) is 5.81. The third-order valence-corrected chi connectivity index (χ3v) is 4.86. The fourth-order valence-corrected chi connectivity index (χ4v) is 3.07. The van der Waals surface area contributed by atoms with Crippen LogP contribution in [-0.2, 0) is 0 Å². The third-order valence-electron chi connectivity index (χ3n) is 2.49. The molecule has 3 N–H and O–H groups in total. The first-order chi connectivity index (χ1) is 8.97. The Morgan fingerprint density at radius 3 is 2.74 bits per heavy atom. The van der Waals surface area contributed by atoms with Crippen molar-refractivity contribution in [2.45, 2.75) is 6.92 Å². The van der Waals surface area contributed by atoms with Crippen LogP contribution in [-0.4, -0.2) is 10.9 Å². The second-order valence-corrected chi connectivity index (χ2v) is 6.78. The van der Waals surface area contributed by atoms with Crippen molar-refractivity contribution >= 4 is 56.1 Å². The van der Waals surface area contributed by atoms with Crippen LogP contribution in [0.5, 0.6) is 0 Å². The number of hydrogen-bond acceptors (Lipinski definition) is 3. The van der Waals surface area contributed by atoms with Gasteiger partial charge in [-0.3, -0.25) is 4.79 Å². The van der Waals surface area contributed by atoms with Crippen LogP contribution in [0.1, 0.15) is 20.8 Å². The highest BCUT2D eigenvalue weighted by Crippen LogP contribution is 2.27. The van der Waals surface area contributed by atoms with Crippen molar-refractivity contribution in [2.24, 2.45) is 5.73 Å². The number of carbonyl (C=O) groups excluding carboxylic acids is 1. The minimum absolute atomic E-state index is 0.140. The van der Waals surface area contributed by atoms with E-state index in [1.54, 1.807) is 18.2 Å². The molecule has 0 fully saturated rings. The summed E-state index contributed by atoms with van der Waals surface area (Å²) in [4.78, 5) is 13.0. The van der Waals surface area contributed by atoms with Crippen LogP contribution in [0.15, 0.2) is 34.1 Å². The number of aryl methyl sites for hydroxylation is 1. The SMILES string of the molecule is Cc1cc(C(=O)Nc2cccc(C(N)=S)c2)sc1Br. The number of carbonyl (C=O) groups is 1. The number of thiocarbonyl (C=S) groups is 1. The van der Waals surface area contributed by atoms with Crippen molar-refractivity contribution in [1.82, 2.24) is 0 Å². The first-order valence-corrected chi connectivity index (χ1v) is 7.46. The molecule has 0 aliphatic heterocycles. The van der Waals surface area contributed by atoms with Gasteiger partial charge in [-0.05, 0) is 46.6 Å². The number of hydrogen-bond donors (Lipinski definition) is 2. The highest BCUT2D eigenvalue weighted by atomic mass is 79.9. The molecule has 1 aromatic heterocycles. The summed E-state index contributed by atoms with van der Waals surface area (Å²) in [7, 11) is 0. The standard InChI is InChI=1S/C13H11BrN2OS2/c1-7-5-10(19-11(7)14)13(17)16-9-4-2-3-8(6-9)12(15)18/h2-6H,1H3,(H2,15,18)(H,16,17). The van der Waals surface area contributed by atoms with Crippen LogP contribution in [0.2, 0.25) is 0 Å². The molecule has 2 aromatic rings. The molecule has 0 aliphatic rings. The van der Waals surface area contributed by atoms with Gasteiger partial charge < -0.3 is 11.1 Å². The normalized spacial score (nSPS) is 10.2. The van der Waals surface area contributed by atoms with Crippen LogP contribution in [0.3, 0.4) is 0 Å². The van der Waals surface area contributed by atoms with E-state index in [-0.39, 0.29) is 5.91 Å². The van der Waals surface area contributed by atoms with E-state index >= 15 is 0 Å². The largest absolute Gasteiger partial charge is 0.389 e. The minimum atomic E-state index is -0.140. The molecule has 0 bridgehead atoms. The van der Waals surface area contributed by atoms with Gasteiger partial charge in [0.15, 0.2) is 0 Å². The van der Waals surface area contributed by atoms with E-state index in [2.05, 4.69) is 21.2 Å². The van der Waals surface area contributed by atoms with Crippen molar-refractivity contribution in [3.05, 3.63) is 50.1 Å². The molecule has 0 atom stereocenters. The Labute approximate surface area is 129 Å². The predicted molar refractivity (Wildman–Crippen MR) is 87.0 cm³/mol. The van der Waals surface area contributed by atoms with Gasteiger partial charge in [0.1, 0.15) is 4.99 Å². The van der Waals surface area contributed by atoms with E-state index in [1.807, 2.05) is 19.1 Å². The van der Waals surface area contributed by atoms with Gasteiger partial charge in [-0.2, -0.15) is 0 Å². The zero-order chi connectivity index (χ0) is 14.0. The number of nitrogens with two attached hydrogens (primary N) is 1. The first-order valence-electron chi connectivity index (χ1n) is 5.44. The van der Waals surface area contributed by atoms with E-state index in [9.17, 15) is 4.79 Å². The molecule has 6 heteroatoms. The van der Waals surface area contributed by atoms with Crippen molar-refractivity contribution in [3.8, 4) is 0 Å². The molecule has 0 saturated heterocycles. The van der Waals surface area contributed by atoms with Crippen molar-refractivity contribution < 1.29 is 4.79 Å². The van der Waals surface area contributed by atoms with Crippen molar-refractivity contribution in [3.63, 3.8) is 0 Å². The lowest BCUT2D eigenvalue weighted by atomic mass is 10.2. The van der Waals surface area contributed by atoms with E-state index in [1.165, 1.54) is 11.3 Å². The number of amides is 1. The van der Waals surface area contributed by atoms with Gasteiger partial charge >= 0.3 is 0 Å². The van der Waals surface area contributed by atoms with Gasteiger partial charge in [0.05, 0.1) is 8.66 Å². The number of thiophene rings is 1. The van der Waals surface area contributed by atoms with Gasteiger partial charge in [0.2, 0.25) is 0 Å².